The number of fused-ring (bicyclic) bond motifs is 1. The molecule has 1 unspecified atom stereocenters. The SMILES string of the molecule is COC(OC)c1nc2c(cc1CN1CCOCC1C)CCCN2C(=O)Oc1ccccc1. The van der Waals surface area contributed by atoms with Crippen LogP contribution in [0.4, 0.5) is 10.6 Å². The number of carbonyl (C=O) groups excluding carboxylic acids is 1. The Hall–Kier alpha value is -2.52. The summed E-state index contributed by atoms with van der Waals surface area (Å²) >= 11 is 0. The number of hydrogen-bond acceptors (Lipinski definition) is 7. The van der Waals surface area contributed by atoms with Crippen molar-refractivity contribution < 1.29 is 23.7 Å². The summed E-state index contributed by atoms with van der Waals surface area (Å²) in [6.07, 6.45) is 0.647. The zero-order valence-electron chi connectivity index (χ0n) is 19.0. The molecular formula is C24H31N3O5. The average Bonchev–Trinajstić information content (AvgIpc) is 2.81. The number of carbonyl (C=O) groups is 1. The van der Waals surface area contributed by atoms with Crippen molar-refractivity contribution in [3.63, 3.8) is 0 Å². The number of pyridine rings is 1. The topological polar surface area (TPSA) is 73.4 Å². The normalized spacial score (nSPS) is 19.1. The van der Waals surface area contributed by atoms with E-state index < -0.39 is 12.4 Å². The quantitative estimate of drug-likeness (QED) is 0.635. The smallest absolute Gasteiger partial charge is 0.410 e. The van der Waals surface area contributed by atoms with Crippen molar-refractivity contribution in [1.29, 1.82) is 0 Å². The lowest BCUT2D eigenvalue weighted by molar-refractivity contribution is -0.109. The minimum atomic E-state index is -0.624. The zero-order chi connectivity index (χ0) is 22.5. The molecule has 0 saturated carbocycles. The fraction of sp³-hybridized carbons (Fsp3) is 0.500. The lowest BCUT2D eigenvalue weighted by Crippen LogP contribution is -2.43. The summed E-state index contributed by atoms with van der Waals surface area (Å²) in [5.41, 5.74) is 2.77. The van der Waals surface area contributed by atoms with E-state index in [2.05, 4.69) is 17.9 Å². The van der Waals surface area contributed by atoms with Crippen molar-refractivity contribution in [2.75, 3.05) is 45.4 Å². The van der Waals surface area contributed by atoms with Gasteiger partial charge in [0.05, 0.1) is 13.2 Å². The van der Waals surface area contributed by atoms with Gasteiger partial charge in [-0.2, -0.15) is 0 Å². The number of morpholine rings is 1. The van der Waals surface area contributed by atoms with Crippen LogP contribution in [0.15, 0.2) is 36.4 Å². The lowest BCUT2D eigenvalue weighted by atomic mass is 10.0. The van der Waals surface area contributed by atoms with Gasteiger partial charge in [-0.1, -0.05) is 18.2 Å². The molecule has 8 nitrogen and oxygen atoms in total. The number of rotatable bonds is 6. The molecule has 0 spiro atoms. The number of hydrogen-bond donors (Lipinski definition) is 0. The first kappa shape index (κ1) is 22.7. The highest BCUT2D eigenvalue weighted by molar-refractivity contribution is 5.89. The van der Waals surface area contributed by atoms with Crippen molar-refractivity contribution in [2.45, 2.75) is 38.6 Å². The standard InChI is InChI=1S/C24H31N3O5/c1-17-16-31-13-12-26(17)15-19-14-18-8-7-11-27(22(18)25-21(19)23(29-2)30-3)24(28)32-20-9-5-4-6-10-20/h4-6,9-10,14,17,23H,7-8,11-13,15-16H2,1-3H3. The molecule has 0 aliphatic carbocycles. The van der Waals surface area contributed by atoms with E-state index in [1.807, 2.05) is 18.2 Å². The number of nitrogens with zero attached hydrogens (tertiary/aromatic N) is 3. The second-order valence-electron chi connectivity index (χ2n) is 8.15. The summed E-state index contributed by atoms with van der Waals surface area (Å²) in [6, 6.07) is 11.5. The van der Waals surface area contributed by atoms with Gasteiger partial charge in [-0.05, 0) is 49.1 Å². The Morgan fingerprint density at radius 1 is 1.22 bits per heavy atom. The van der Waals surface area contributed by atoms with Crippen molar-refractivity contribution >= 4 is 11.9 Å². The van der Waals surface area contributed by atoms with Crippen LogP contribution in [0.2, 0.25) is 0 Å². The Balaban J connectivity index is 1.66. The maximum absolute atomic E-state index is 13.0. The second-order valence-corrected chi connectivity index (χ2v) is 8.15. The van der Waals surface area contributed by atoms with Gasteiger partial charge in [-0.25, -0.2) is 9.78 Å². The van der Waals surface area contributed by atoms with Crippen LogP contribution < -0.4 is 9.64 Å². The Bertz CT molecular complexity index is 919. The van der Waals surface area contributed by atoms with E-state index in [1.165, 1.54) is 0 Å². The molecule has 1 amide bonds. The maximum atomic E-state index is 13.0. The summed E-state index contributed by atoms with van der Waals surface area (Å²) in [5.74, 6) is 1.12. The number of anilines is 1. The number of methoxy groups -OCH3 is 2. The molecule has 3 heterocycles. The number of aromatic nitrogens is 1. The Labute approximate surface area is 189 Å². The summed E-state index contributed by atoms with van der Waals surface area (Å²) in [7, 11) is 3.19. The summed E-state index contributed by atoms with van der Waals surface area (Å²) in [6.45, 7) is 5.72. The highest BCUT2D eigenvalue weighted by atomic mass is 16.7. The Morgan fingerprint density at radius 2 is 2.00 bits per heavy atom. The molecule has 0 N–H and O–H groups in total. The zero-order valence-corrected chi connectivity index (χ0v) is 19.0. The van der Waals surface area contributed by atoms with Crippen molar-refractivity contribution in [1.82, 2.24) is 9.88 Å². The molecule has 1 saturated heterocycles. The van der Waals surface area contributed by atoms with Crippen LogP contribution in [0.25, 0.3) is 0 Å². The predicted octanol–water partition coefficient (Wildman–Crippen LogP) is 3.55. The molecule has 32 heavy (non-hydrogen) atoms. The van der Waals surface area contributed by atoms with E-state index in [0.717, 1.165) is 43.7 Å². The monoisotopic (exact) mass is 441 g/mol. The molecule has 1 atom stereocenters. The average molecular weight is 442 g/mol. The largest absolute Gasteiger partial charge is 0.420 e. The second kappa shape index (κ2) is 10.4. The summed E-state index contributed by atoms with van der Waals surface area (Å²) in [5, 5.41) is 0. The van der Waals surface area contributed by atoms with Crippen molar-refractivity contribution in [3.05, 3.63) is 53.2 Å². The molecule has 172 valence electrons. The van der Waals surface area contributed by atoms with Crippen LogP contribution in [0.1, 0.15) is 36.5 Å². The summed E-state index contributed by atoms with van der Waals surface area (Å²) in [4.78, 5) is 21.9. The first-order valence-corrected chi connectivity index (χ1v) is 11.0. The third kappa shape index (κ3) is 4.94. The number of benzene rings is 1. The molecule has 4 rings (SSSR count). The highest BCUT2D eigenvalue weighted by Gasteiger charge is 2.30. The van der Waals surface area contributed by atoms with Gasteiger partial charge >= 0.3 is 6.09 Å². The van der Waals surface area contributed by atoms with E-state index in [0.29, 0.717) is 36.5 Å². The first-order valence-electron chi connectivity index (χ1n) is 11.0. The summed E-state index contributed by atoms with van der Waals surface area (Å²) < 4.78 is 22.3. The third-order valence-electron chi connectivity index (χ3n) is 5.97. The molecular weight excluding hydrogens is 410 g/mol. The lowest BCUT2D eigenvalue weighted by Gasteiger charge is -2.35. The fourth-order valence-electron chi connectivity index (χ4n) is 4.25. The van der Waals surface area contributed by atoms with E-state index >= 15 is 0 Å². The van der Waals surface area contributed by atoms with Gasteiger partial charge in [0.25, 0.3) is 0 Å². The van der Waals surface area contributed by atoms with E-state index in [9.17, 15) is 4.79 Å². The van der Waals surface area contributed by atoms with Gasteiger partial charge < -0.3 is 18.9 Å². The number of amides is 1. The molecule has 0 bridgehead atoms. The van der Waals surface area contributed by atoms with Crippen molar-refractivity contribution in [2.24, 2.45) is 0 Å². The highest BCUT2D eigenvalue weighted by Crippen LogP contribution is 2.32. The van der Waals surface area contributed by atoms with Gasteiger partial charge in [0, 0.05) is 39.9 Å². The molecule has 2 aliphatic rings. The Morgan fingerprint density at radius 3 is 2.72 bits per heavy atom. The van der Waals surface area contributed by atoms with Gasteiger partial charge in [0.2, 0.25) is 6.29 Å². The molecule has 1 aromatic carbocycles. The molecule has 2 aliphatic heterocycles. The minimum Gasteiger partial charge on any atom is -0.410 e. The van der Waals surface area contributed by atoms with E-state index in [-0.39, 0.29) is 0 Å². The fourth-order valence-corrected chi connectivity index (χ4v) is 4.25. The first-order chi connectivity index (χ1) is 15.6. The van der Waals surface area contributed by atoms with E-state index in [4.69, 9.17) is 23.9 Å². The Kier molecular flexibility index (Phi) is 7.36. The van der Waals surface area contributed by atoms with E-state index in [1.54, 1.807) is 31.3 Å². The molecule has 1 aromatic heterocycles. The third-order valence-corrected chi connectivity index (χ3v) is 5.97. The molecule has 2 aromatic rings. The van der Waals surface area contributed by atoms with Gasteiger partial charge in [-0.15, -0.1) is 0 Å². The van der Waals surface area contributed by atoms with Gasteiger partial charge in [-0.3, -0.25) is 9.80 Å². The maximum Gasteiger partial charge on any atom is 0.420 e. The van der Waals surface area contributed by atoms with Crippen LogP contribution >= 0.6 is 0 Å². The molecule has 1 fully saturated rings. The number of ether oxygens (including phenoxy) is 4. The van der Waals surface area contributed by atoms with Crippen LogP contribution in [0.5, 0.6) is 5.75 Å². The number of aryl methyl sites for hydroxylation is 1. The van der Waals surface area contributed by atoms with Crippen LogP contribution in [0.3, 0.4) is 0 Å². The van der Waals surface area contributed by atoms with Crippen LogP contribution in [-0.2, 0) is 27.2 Å². The molecule has 0 radical (unpaired) electrons. The van der Waals surface area contributed by atoms with Crippen LogP contribution in [0, 0.1) is 0 Å². The molecule has 8 heteroatoms. The predicted molar refractivity (Wildman–Crippen MR) is 120 cm³/mol. The van der Waals surface area contributed by atoms with Crippen LogP contribution in [-0.4, -0.2) is 62.5 Å². The minimum absolute atomic E-state index is 0.313. The van der Waals surface area contributed by atoms with Gasteiger partial charge in [0.15, 0.2) is 0 Å². The van der Waals surface area contributed by atoms with Gasteiger partial charge in [0.1, 0.15) is 17.3 Å². The number of para-hydroxylation sites is 1. The van der Waals surface area contributed by atoms with Crippen molar-refractivity contribution in [3.8, 4) is 5.75 Å².